The molecule has 1 aromatic heterocycles. The van der Waals surface area contributed by atoms with Gasteiger partial charge >= 0.3 is 0 Å². The number of hydrogen-bond donors (Lipinski definition) is 2. The highest BCUT2D eigenvalue weighted by atomic mass is 16.5. The Balaban J connectivity index is 2.05. The average Bonchev–Trinajstić information content (AvgIpc) is 2.71. The number of aliphatic hydroxyl groups excluding tert-OH is 2. The predicted molar refractivity (Wildman–Crippen MR) is 41.6 cm³/mol. The van der Waals surface area contributed by atoms with E-state index < -0.39 is 12.2 Å². The highest BCUT2D eigenvalue weighted by molar-refractivity contribution is 4.81. The second-order valence-corrected chi connectivity index (χ2v) is 3.02. The average molecular weight is 185 g/mol. The van der Waals surface area contributed by atoms with Crippen molar-refractivity contribution in [2.75, 3.05) is 6.61 Å². The Hall–Kier alpha value is -0.980. The summed E-state index contributed by atoms with van der Waals surface area (Å²) >= 11 is 0. The van der Waals surface area contributed by atoms with Gasteiger partial charge in [0.1, 0.15) is 25.0 Å². The van der Waals surface area contributed by atoms with Crippen LogP contribution in [0, 0.1) is 0 Å². The van der Waals surface area contributed by atoms with Gasteiger partial charge < -0.3 is 14.9 Å². The van der Waals surface area contributed by atoms with Crippen molar-refractivity contribution in [3.05, 3.63) is 12.7 Å². The van der Waals surface area contributed by atoms with Crippen LogP contribution in [0.3, 0.4) is 0 Å². The first kappa shape index (κ1) is 8.61. The van der Waals surface area contributed by atoms with Gasteiger partial charge in [-0.25, -0.2) is 0 Å². The van der Waals surface area contributed by atoms with E-state index in [1.165, 1.54) is 12.7 Å². The number of ether oxygens (including phenoxy) is 1. The monoisotopic (exact) mass is 185 g/mol. The summed E-state index contributed by atoms with van der Waals surface area (Å²) in [7, 11) is 0. The van der Waals surface area contributed by atoms with Gasteiger partial charge in [0, 0.05) is 6.42 Å². The zero-order valence-corrected chi connectivity index (χ0v) is 6.95. The molecule has 0 unspecified atom stereocenters. The topological polar surface area (TPSA) is 80.4 Å². The van der Waals surface area contributed by atoms with E-state index >= 15 is 0 Å². The van der Waals surface area contributed by atoms with Crippen LogP contribution in [0.4, 0.5) is 0 Å². The van der Waals surface area contributed by atoms with Crippen LogP contribution >= 0.6 is 0 Å². The molecule has 6 heteroatoms. The minimum Gasteiger partial charge on any atom is -0.394 e. The fourth-order valence-electron chi connectivity index (χ4n) is 1.42. The highest BCUT2D eigenvalue weighted by Crippen LogP contribution is 2.27. The number of hydrogen-bond acceptors (Lipinski definition) is 5. The Labute approximate surface area is 74.8 Å². The Kier molecular flexibility index (Phi) is 2.26. The Morgan fingerprint density at radius 3 is 2.69 bits per heavy atom. The van der Waals surface area contributed by atoms with Gasteiger partial charge in [-0.05, 0) is 0 Å². The number of aliphatic hydroxyl groups is 2. The van der Waals surface area contributed by atoms with E-state index in [4.69, 9.17) is 9.84 Å². The second-order valence-electron chi connectivity index (χ2n) is 3.02. The molecular formula is C7H11N3O3. The van der Waals surface area contributed by atoms with E-state index in [0.29, 0.717) is 6.42 Å². The van der Waals surface area contributed by atoms with Gasteiger partial charge in [-0.3, -0.25) is 4.57 Å². The highest BCUT2D eigenvalue weighted by Gasteiger charge is 2.34. The maximum Gasteiger partial charge on any atom is 0.139 e. The Bertz CT molecular complexity index is 264. The van der Waals surface area contributed by atoms with Gasteiger partial charge in [-0.1, -0.05) is 0 Å². The molecule has 3 atom stereocenters. The number of aromatic nitrogens is 3. The fraction of sp³-hybridized carbons (Fsp3) is 0.714. The molecule has 1 fully saturated rings. The summed E-state index contributed by atoms with van der Waals surface area (Å²) < 4.78 is 7.02. The molecule has 2 N–H and O–H groups in total. The van der Waals surface area contributed by atoms with Gasteiger partial charge in [0.15, 0.2) is 0 Å². The van der Waals surface area contributed by atoms with Crippen molar-refractivity contribution in [3.63, 3.8) is 0 Å². The first-order valence-corrected chi connectivity index (χ1v) is 4.09. The van der Waals surface area contributed by atoms with Crippen LogP contribution in [0.15, 0.2) is 12.7 Å². The van der Waals surface area contributed by atoms with Crippen LogP contribution in [0.1, 0.15) is 12.6 Å². The summed E-state index contributed by atoms with van der Waals surface area (Å²) in [6, 6.07) is 0. The van der Waals surface area contributed by atoms with Crippen molar-refractivity contribution in [3.8, 4) is 0 Å². The van der Waals surface area contributed by atoms with E-state index in [2.05, 4.69) is 10.2 Å². The summed E-state index contributed by atoms with van der Waals surface area (Å²) in [5, 5.41) is 25.5. The summed E-state index contributed by atoms with van der Waals surface area (Å²) in [4.78, 5) is 0. The lowest BCUT2D eigenvalue weighted by Crippen LogP contribution is -2.24. The lowest BCUT2D eigenvalue weighted by Gasteiger charge is -2.11. The molecule has 0 radical (unpaired) electrons. The first-order valence-electron chi connectivity index (χ1n) is 4.09. The van der Waals surface area contributed by atoms with E-state index in [0.717, 1.165) is 0 Å². The summed E-state index contributed by atoms with van der Waals surface area (Å²) in [5.41, 5.74) is 0. The molecular weight excluding hydrogens is 174 g/mol. The zero-order valence-electron chi connectivity index (χ0n) is 6.95. The lowest BCUT2D eigenvalue weighted by atomic mass is 10.2. The first-order chi connectivity index (χ1) is 6.31. The molecule has 2 rings (SSSR count). The molecule has 0 spiro atoms. The predicted octanol–water partition coefficient (Wildman–Crippen LogP) is -1.08. The van der Waals surface area contributed by atoms with Crippen molar-refractivity contribution in [2.45, 2.75) is 24.9 Å². The maximum absolute atomic E-state index is 9.42. The zero-order chi connectivity index (χ0) is 9.26. The Morgan fingerprint density at radius 1 is 1.46 bits per heavy atom. The third-order valence-electron chi connectivity index (χ3n) is 2.15. The molecule has 72 valence electrons. The van der Waals surface area contributed by atoms with Gasteiger partial charge in [-0.15, -0.1) is 10.2 Å². The minimum absolute atomic E-state index is 0.167. The molecule has 0 aliphatic carbocycles. The molecule has 1 saturated heterocycles. The van der Waals surface area contributed by atoms with E-state index in [9.17, 15) is 5.11 Å². The number of nitrogens with zero attached hydrogens (tertiary/aromatic N) is 3. The molecule has 6 nitrogen and oxygen atoms in total. The largest absolute Gasteiger partial charge is 0.394 e. The van der Waals surface area contributed by atoms with Crippen LogP contribution in [0.2, 0.25) is 0 Å². The summed E-state index contributed by atoms with van der Waals surface area (Å²) in [6.45, 7) is -0.167. The number of rotatable bonds is 2. The summed E-state index contributed by atoms with van der Waals surface area (Å²) in [5.74, 6) is 0. The molecule has 13 heavy (non-hydrogen) atoms. The van der Waals surface area contributed by atoms with Crippen molar-refractivity contribution in [1.29, 1.82) is 0 Å². The minimum atomic E-state index is -0.614. The van der Waals surface area contributed by atoms with Gasteiger partial charge in [0.2, 0.25) is 0 Å². The van der Waals surface area contributed by atoms with Gasteiger partial charge in [0.05, 0.1) is 12.7 Å². The maximum atomic E-state index is 9.42. The molecule has 0 saturated carbocycles. The van der Waals surface area contributed by atoms with Gasteiger partial charge in [0.25, 0.3) is 0 Å². The quantitative estimate of drug-likeness (QED) is 0.612. The van der Waals surface area contributed by atoms with E-state index in [-0.39, 0.29) is 12.8 Å². The lowest BCUT2D eigenvalue weighted by molar-refractivity contribution is -0.0444. The van der Waals surface area contributed by atoms with Crippen molar-refractivity contribution in [2.24, 2.45) is 0 Å². The molecule has 2 heterocycles. The van der Waals surface area contributed by atoms with Crippen molar-refractivity contribution in [1.82, 2.24) is 14.8 Å². The smallest absolute Gasteiger partial charge is 0.139 e. The third kappa shape index (κ3) is 1.55. The van der Waals surface area contributed by atoms with Crippen LogP contribution in [0.5, 0.6) is 0 Å². The molecule has 1 aliphatic heterocycles. The molecule has 0 amide bonds. The molecule has 0 bridgehead atoms. The van der Waals surface area contributed by atoms with Crippen molar-refractivity contribution < 1.29 is 14.9 Å². The van der Waals surface area contributed by atoms with Crippen LogP contribution in [-0.4, -0.2) is 43.8 Å². The van der Waals surface area contributed by atoms with Crippen LogP contribution < -0.4 is 0 Å². The van der Waals surface area contributed by atoms with Gasteiger partial charge in [-0.2, -0.15) is 0 Å². The summed E-state index contributed by atoms with van der Waals surface area (Å²) in [6.07, 6.45) is 2.14. The van der Waals surface area contributed by atoms with Crippen LogP contribution in [0.25, 0.3) is 0 Å². The SMILES string of the molecule is OC[C@H]1O[C@H](n2cnnc2)C[C@@H]1O. The standard InChI is InChI=1S/C7H11N3O3/c11-2-6-5(12)1-7(13-6)10-3-8-9-4-10/h3-7,11-12H,1-2H2/t5-,6+,7-/m0/s1. The fourth-order valence-corrected chi connectivity index (χ4v) is 1.42. The normalized spacial score (nSPS) is 33.8. The second kappa shape index (κ2) is 3.41. The molecule has 0 aromatic carbocycles. The Morgan fingerprint density at radius 2 is 2.15 bits per heavy atom. The van der Waals surface area contributed by atoms with Crippen LogP contribution in [-0.2, 0) is 4.74 Å². The molecule has 1 aromatic rings. The van der Waals surface area contributed by atoms with E-state index in [1.807, 2.05) is 0 Å². The van der Waals surface area contributed by atoms with E-state index in [1.54, 1.807) is 4.57 Å². The van der Waals surface area contributed by atoms with Crippen molar-refractivity contribution >= 4 is 0 Å². The third-order valence-corrected chi connectivity index (χ3v) is 2.15. The molecule has 1 aliphatic rings.